The minimum Gasteiger partial charge on any atom is -0.505 e. The molecular weight excluding hydrogens is 378 g/mol. The molecule has 0 radical (unpaired) electrons. The summed E-state index contributed by atoms with van der Waals surface area (Å²) in [4.78, 5) is 11.3. The molecule has 0 aliphatic heterocycles. The van der Waals surface area contributed by atoms with Gasteiger partial charge in [0.1, 0.15) is 18.0 Å². The van der Waals surface area contributed by atoms with E-state index in [4.69, 9.17) is 16.3 Å². The normalized spacial score (nSPS) is 20.0. The highest BCUT2D eigenvalue weighted by Gasteiger charge is 2.30. The highest BCUT2D eigenvalue weighted by Crippen LogP contribution is 2.39. The number of phenolic OH excluding ortho intramolecular Hbond substituents is 1. The highest BCUT2D eigenvalue weighted by molar-refractivity contribution is 6.32. The maximum atomic E-state index is 12.8. The summed E-state index contributed by atoms with van der Waals surface area (Å²) in [5.41, 5.74) is 0.802. The number of phenols is 1. The Balaban J connectivity index is 1.77. The van der Waals surface area contributed by atoms with Gasteiger partial charge >= 0.3 is 0 Å². The second kappa shape index (κ2) is 8.69. The lowest BCUT2D eigenvalue weighted by Crippen LogP contribution is -2.27. The van der Waals surface area contributed by atoms with Gasteiger partial charge < -0.3 is 9.84 Å². The summed E-state index contributed by atoms with van der Waals surface area (Å²) in [5.74, 6) is 0.112. The zero-order valence-electron chi connectivity index (χ0n) is 14.7. The van der Waals surface area contributed by atoms with Crippen LogP contribution in [0.2, 0.25) is 5.02 Å². The molecule has 1 aromatic carbocycles. The molecule has 8 heteroatoms. The van der Waals surface area contributed by atoms with Gasteiger partial charge in [-0.3, -0.25) is 9.48 Å². The summed E-state index contributed by atoms with van der Waals surface area (Å²) < 4.78 is 32.8. The monoisotopic (exact) mass is 398 g/mol. The van der Waals surface area contributed by atoms with Crippen LogP contribution >= 0.6 is 11.6 Å². The lowest BCUT2D eigenvalue weighted by atomic mass is 9.78. The van der Waals surface area contributed by atoms with E-state index in [1.807, 2.05) is 0 Å². The summed E-state index contributed by atoms with van der Waals surface area (Å²) in [7, 11) is 0. The quantitative estimate of drug-likeness (QED) is 0.688. The average molecular weight is 399 g/mol. The molecule has 0 amide bonds. The van der Waals surface area contributed by atoms with Crippen LogP contribution in [0, 0.1) is 5.92 Å². The summed E-state index contributed by atoms with van der Waals surface area (Å²) in [6.45, 7) is -0.112. The molecule has 1 aliphatic rings. The Kier molecular flexibility index (Phi) is 6.31. The van der Waals surface area contributed by atoms with Crippen molar-refractivity contribution in [2.24, 2.45) is 5.92 Å². The number of benzene rings is 1. The Morgan fingerprint density at radius 3 is 2.85 bits per heavy atom. The number of nitrogens with zero attached hydrogens (tertiary/aromatic N) is 2. The molecule has 5 nitrogen and oxygen atoms in total. The Morgan fingerprint density at radius 1 is 1.33 bits per heavy atom. The largest absolute Gasteiger partial charge is 0.505 e. The van der Waals surface area contributed by atoms with E-state index >= 15 is 0 Å². The molecule has 1 saturated carbocycles. The van der Waals surface area contributed by atoms with Crippen LogP contribution in [-0.2, 0) is 6.54 Å². The number of halogens is 3. The maximum absolute atomic E-state index is 12.8. The first kappa shape index (κ1) is 19.6. The van der Waals surface area contributed by atoms with Crippen LogP contribution < -0.4 is 4.74 Å². The van der Waals surface area contributed by atoms with Gasteiger partial charge in [-0.2, -0.15) is 5.10 Å². The van der Waals surface area contributed by atoms with Gasteiger partial charge in [0.05, 0.1) is 17.2 Å². The molecule has 1 aromatic heterocycles. The standard InChI is InChI=1S/C19H21ClF2N2O3/c20-15-5-6-17(14(10-25)19(15)26)27-11-12-3-1-2-4-13(12)16-7-8-23-24(16)9-18(21)22/h5-8,10,12-13,18,26H,1-4,9,11H2. The van der Waals surface area contributed by atoms with Crippen LogP contribution in [0.5, 0.6) is 11.5 Å². The third-order valence-electron chi connectivity index (χ3n) is 5.05. The van der Waals surface area contributed by atoms with Gasteiger partial charge in [0, 0.05) is 23.7 Å². The number of rotatable bonds is 7. The predicted octanol–water partition coefficient (Wildman–Crippen LogP) is 4.67. The number of aldehydes is 1. The molecule has 2 unspecified atom stereocenters. The van der Waals surface area contributed by atoms with Crippen molar-refractivity contribution in [3.8, 4) is 11.5 Å². The molecule has 2 atom stereocenters. The van der Waals surface area contributed by atoms with Crippen LogP contribution in [-0.4, -0.2) is 34.2 Å². The number of alkyl halides is 2. The summed E-state index contributed by atoms with van der Waals surface area (Å²) in [5, 5.41) is 14.0. The zero-order chi connectivity index (χ0) is 19.4. The molecule has 0 bridgehead atoms. The third-order valence-corrected chi connectivity index (χ3v) is 5.35. The number of hydrogen-bond donors (Lipinski definition) is 1. The highest BCUT2D eigenvalue weighted by atomic mass is 35.5. The van der Waals surface area contributed by atoms with Gasteiger partial charge in [-0.05, 0) is 31.0 Å². The smallest absolute Gasteiger partial charge is 0.257 e. The Labute approximate surface area is 160 Å². The number of aromatic hydroxyl groups is 1. The van der Waals surface area contributed by atoms with E-state index in [1.54, 1.807) is 18.3 Å². The van der Waals surface area contributed by atoms with Gasteiger partial charge in [-0.1, -0.05) is 24.4 Å². The fourth-order valence-corrected chi connectivity index (χ4v) is 3.90. The van der Waals surface area contributed by atoms with Crippen molar-refractivity contribution in [3.63, 3.8) is 0 Å². The molecular formula is C19H21ClF2N2O3. The summed E-state index contributed by atoms with van der Waals surface area (Å²) in [6, 6.07) is 4.80. The maximum Gasteiger partial charge on any atom is 0.257 e. The van der Waals surface area contributed by atoms with E-state index in [9.17, 15) is 18.7 Å². The third kappa shape index (κ3) is 4.40. The van der Waals surface area contributed by atoms with Crippen molar-refractivity contribution in [2.45, 2.75) is 44.6 Å². The van der Waals surface area contributed by atoms with Gasteiger partial charge in [0.25, 0.3) is 6.43 Å². The van der Waals surface area contributed by atoms with Crippen LogP contribution in [0.1, 0.15) is 47.7 Å². The minimum atomic E-state index is -2.46. The summed E-state index contributed by atoms with van der Waals surface area (Å²) in [6.07, 6.45) is 3.39. The zero-order valence-corrected chi connectivity index (χ0v) is 15.4. The van der Waals surface area contributed by atoms with Gasteiger partial charge in [-0.25, -0.2) is 8.78 Å². The van der Waals surface area contributed by atoms with E-state index in [1.165, 1.54) is 10.7 Å². The van der Waals surface area contributed by atoms with E-state index < -0.39 is 13.0 Å². The van der Waals surface area contributed by atoms with Crippen LogP contribution in [0.4, 0.5) is 8.78 Å². The molecule has 2 aromatic rings. The Hall–Kier alpha value is -2.15. The average Bonchev–Trinajstić information content (AvgIpc) is 3.10. The fraction of sp³-hybridized carbons (Fsp3) is 0.474. The first-order chi connectivity index (χ1) is 13.0. The molecule has 1 heterocycles. The van der Waals surface area contributed by atoms with Crippen molar-refractivity contribution in [2.75, 3.05) is 6.61 Å². The molecule has 3 rings (SSSR count). The Morgan fingerprint density at radius 2 is 2.11 bits per heavy atom. The van der Waals surface area contributed by atoms with E-state index in [-0.39, 0.29) is 33.9 Å². The molecule has 1 fully saturated rings. The molecule has 27 heavy (non-hydrogen) atoms. The predicted molar refractivity (Wildman–Crippen MR) is 96.9 cm³/mol. The van der Waals surface area contributed by atoms with E-state index in [0.717, 1.165) is 31.4 Å². The topological polar surface area (TPSA) is 64.3 Å². The lowest BCUT2D eigenvalue weighted by Gasteiger charge is -2.32. The van der Waals surface area contributed by atoms with E-state index in [0.29, 0.717) is 12.9 Å². The van der Waals surface area contributed by atoms with Crippen molar-refractivity contribution < 1.29 is 23.4 Å². The SMILES string of the molecule is O=Cc1c(OCC2CCCCC2c2ccnn2CC(F)F)ccc(Cl)c1O. The number of carbonyl (C=O) groups excluding carboxylic acids is 1. The number of aromatic nitrogens is 2. The fourth-order valence-electron chi connectivity index (χ4n) is 3.74. The van der Waals surface area contributed by atoms with Gasteiger partial charge in [-0.15, -0.1) is 0 Å². The molecule has 1 N–H and O–H groups in total. The second-order valence-corrected chi connectivity index (χ2v) is 7.12. The molecule has 1 aliphatic carbocycles. The lowest BCUT2D eigenvalue weighted by molar-refractivity contribution is 0.111. The number of ether oxygens (including phenoxy) is 1. The number of hydrogen-bond acceptors (Lipinski definition) is 4. The Bertz CT molecular complexity index is 797. The molecule has 146 valence electrons. The van der Waals surface area contributed by atoms with Gasteiger partial charge in [0.15, 0.2) is 6.29 Å². The van der Waals surface area contributed by atoms with E-state index in [2.05, 4.69) is 5.10 Å². The number of carbonyl (C=O) groups is 1. The van der Waals surface area contributed by atoms with Crippen molar-refractivity contribution in [1.82, 2.24) is 9.78 Å². The van der Waals surface area contributed by atoms with Crippen molar-refractivity contribution >= 4 is 17.9 Å². The molecule has 0 saturated heterocycles. The van der Waals surface area contributed by atoms with Crippen molar-refractivity contribution in [3.05, 3.63) is 40.7 Å². The summed E-state index contributed by atoms with van der Waals surface area (Å²) >= 11 is 5.83. The van der Waals surface area contributed by atoms with Crippen molar-refractivity contribution in [1.29, 1.82) is 0 Å². The van der Waals surface area contributed by atoms with Crippen LogP contribution in [0.15, 0.2) is 24.4 Å². The first-order valence-corrected chi connectivity index (χ1v) is 9.28. The van der Waals surface area contributed by atoms with Crippen LogP contribution in [0.25, 0.3) is 0 Å². The molecule has 0 spiro atoms. The minimum absolute atomic E-state index is 0.0117. The second-order valence-electron chi connectivity index (χ2n) is 6.72. The van der Waals surface area contributed by atoms with Gasteiger partial charge in [0.2, 0.25) is 0 Å². The first-order valence-electron chi connectivity index (χ1n) is 8.90. The van der Waals surface area contributed by atoms with Crippen LogP contribution in [0.3, 0.4) is 0 Å².